The van der Waals surface area contributed by atoms with Gasteiger partial charge in [-0.2, -0.15) is 0 Å². The van der Waals surface area contributed by atoms with Crippen molar-refractivity contribution in [2.24, 2.45) is 0 Å². The van der Waals surface area contributed by atoms with Crippen molar-refractivity contribution in [3.8, 4) is 5.75 Å². The van der Waals surface area contributed by atoms with E-state index in [-0.39, 0.29) is 12.3 Å². The predicted molar refractivity (Wildman–Crippen MR) is 72.9 cm³/mol. The zero-order chi connectivity index (χ0) is 14.5. The summed E-state index contributed by atoms with van der Waals surface area (Å²) in [6.45, 7) is 2.14. The smallest absolute Gasteiger partial charge is 0.323 e. The third kappa shape index (κ3) is 3.07. The van der Waals surface area contributed by atoms with Crippen LogP contribution < -0.4 is 15.7 Å². The molecule has 0 fully saturated rings. The lowest BCUT2D eigenvalue weighted by Gasteiger charge is -2.11. The maximum Gasteiger partial charge on any atom is 0.323 e. The van der Waals surface area contributed by atoms with E-state index in [1.807, 2.05) is 6.92 Å². The summed E-state index contributed by atoms with van der Waals surface area (Å²) in [6, 6.07) is 4.95. The topological polar surface area (TPSA) is 107 Å². The Kier molecular flexibility index (Phi) is 4.21. The summed E-state index contributed by atoms with van der Waals surface area (Å²) in [5.41, 5.74) is 0.768. The Labute approximate surface area is 114 Å². The minimum atomic E-state index is -0.448. The number of hydrogen-bond donors (Lipinski definition) is 4. The highest BCUT2D eigenvalue weighted by Crippen LogP contribution is 2.23. The quantitative estimate of drug-likeness (QED) is 0.649. The van der Waals surface area contributed by atoms with E-state index in [1.165, 1.54) is 6.20 Å². The molecule has 1 aromatic carbocycles. The van der Waals surface area contributed by atoms with Crippen LogP contribution in [0, 0.1) is 0 Å². The van der Waals surface area contributed by atoms with Gasteiger partial charge < -0.3 is 25.1 Å². The summed E-state index contributed by atoms with van der Waals surface area (Å²) in [6.07, 6.45) is 1.29. The minimum Gasteiger partial charge on any atom is -0.494 e. The fourth-order valence-electron chi connectivity index (χ4n) is 1.73. The van der Waals surface area contributed by atoms with E-state index in [4.69, 9.17) is 4.74 Å². The lowest BCUT2D eigenvalue weighted by Crippen LogP contribution is -2.14. The standard InChI is InChI=1S/C13H15N3O4/c1-2-20-11-4-3-9(5-8(11)7-17)15-12(18)10-6-14-13(19)16-10/h3-6,17H,2,7H2,1H3,(H,15,18)(H2,14,16,19). The molecule has 106 valence electrons. The first-order chi connectivity index (χ1) is 9.63. The first kappa shape index (κ1) is 13.9. The van der Waals surface area contributed by atoms with Gasteiger partial charge in [0.1, 0.15) is 11.4 Å². The Morgan fingerprint density at radius 2 is 2.25 bits per heavy atom. The molecule has 2 aromatic rings. The number of hydrogen-bond acceptors (Lipinski definition) is 4. The molecule has 0 aliphatic carbocycles. The van der Waals surface area contributed by atoms with Gasteiger partial charge in [-0.15, -0.1) is 0 Å². The van der Waals surface area contributed by atoms with Crippen LogP contribution in [-0.4, -0.2) is 27.6 Å². The Morgan fingerprint density at radius 1 is 1.45 bits per heavy atom. The molecule has 0 unspecified atom stereocenters. The molecule has 1 aromatic heterocycles. The molecule has 1 heterocycles. The lowest BCUT2D eigenvalue weighted by molar-refractivity contribution is 0.102. The molecular weight excluding hydrogens is 262 g/mol. The fourth-order valence-corrected chi connectivity index (χ4v) is 1.73. The first-order valence-corrected chi connectivity index (χ1v) is 6.09. The van der Waals surface area contributed by atoms with Crippen molar-refractivity contribution < 1.29 is 14.6 Å². The summed E-state index contributed by atoms with van der Waals surface area (Å²) in [5.74, 6) is 0.124. The SMILES string of the molecule is CCOc1ccc(NC(=O)c2c[nH]c(=O)[nH]2)cc1CO. The van der Waals surface area contributed by atoms with E-state index in [0.29, 0.717) is 23.6 Å². The van der Waals surface area contributed by atoms with Gasteiger partial charge in [-0.05, 0) is 25.1 Å². The van der Waals surface area contributed by atoms with Gasteiger partial charge in [0.05, 0.1) is 13.2 Å². The second-order valence-corrected chi connectivity index (χ2v) is 4.02. The maximum atomic E-state index is 11.8. The van der Waals surface area contributed by atoms with Crippen LogP contribution in [0.3, 0.4) is 0 Å². The number of H-pyrrole nitrogens is 2. The highest BCUT2D eigenvalue weighted by molar-refractivity contribution is 6.02. The molecular formula is C13H15N3O4. The Bertz CT molecular complexity index is 660. The Hall–Kier alpha value is -2.54. The molecule has 0 atom stereocenters. The van der Waals surface area contributed by atoms with Crippen LogP contribution in [0.25, 0.3) is 0 Å². The highest BCUT2D eigenvalue weighted by atomic mass is 16.5. The van der Waals surface area contributed by atoms with Crippen molar-refractivity contribution in [3.05, 3.63) is 46.1 Å². The van der Waals surface area contributed by atoms with Gasteiger partial charge in [0.25, 0.3) is 5.91 Å². The van der Waals surface area contributed by atoms with Gasteiger partial charge in [-0.3, -0.25) is 4.79 Å². The molecule has 0 saturated carbocycles. The predicted octanol–water partition coefficient (Wildman–Crippen LogP) is 0.846. The highest BCUT2D eigenvalue weighted by Gasteiger charge is 2.10. The number of rotatable bonds is 5. The molecule has 20 heavy (non-hydrogen) atoms. The van der Waals surface area contributed by atoms with Crippen molar-refractivity contribution in [2.75, 3.05) is 11.9 Å². The van der Waals surface area contributed by atoms with E-state index < -0.39 is 11.6 Å². The molecule has 0 aliphatic rings. The van der Waals surface area contributed by atoms with Gasteiger partial charge in [-0.1, -0.05) is 0 Å². The van der Waals surface area contributed by atoms with Crippen LogP contribution in [0.4, 0.5) is 5.69 Å². The summed E-state index contributed by atoms with van der Waals surface area (Å²) in [5, 5.41) is 11.9. The summed E-state index contributed by atoms with van der Waals surface area (Å²) >= 11 is 0. The van der Waals surface area contributed by atoms with Crippen LogP contribution >= 0.6 is 0 Å². The summed E-state index contributed by atoms with van der Waals surface area (Å²) in [4.78, 5) is 27.5. The van der Waals surface area contributed by atoms with Gasteiger partial charge in [0.15, 0.2) is 0 Å². The Morgan fingerprint density at radius 3 is 2.85 bits per heavy atom. The first-order valence-electron chi connectivity index (χ1n) is 6.09. The number of imidazole rings is 1. The van der Waals surface area contributed by atoms with E-state index in [2.05, 4.69) is 15.3 Å². The third-order valence-corrected chi connectivity index (χ3v) is 2.63. The minimum absolute atomic E-state index is 0.134. The summed E-state index contributed by atoms with van der Waals surface area (Å²) in [7, 11) is 0. The number of amides is 1. The number of carbonyl (C=O) groups excluding carboxylic acids is 1. The number of aromatic amines is 2. The van der Waals surface area contributed by atoms with Gasteiger partial charge in [0.2, 0.25) is 0 Å². The largest absolute Gasteiger partial charge is 0.494 e. The number of ether oxygens (including phenoxy) is 1. The number of nitrogens with one attached hydrogen (secondary N) is 3. The zero-order valence-electron chi connectivity index (χ0n) is 10.9. The van der Waals surface area contributed by atoms with Crippen LogP contribution in [-0.2, 0) is 6.61 Å². The molecule has 7 nitrogen and oxygen atoms in total. The van der Waals surface area contributed by atoms with E-state index in [9.17, 15) is 14.7 Å². The molecule has 1 amide bonds. The number of aliphatic hydroxyl groups is 1. The second kappa shape index (κ2) is 6.07. The van der Waals surface area contributed by atoms with Crippen molar-refractivity contribution in [2.45, 2.75) is 13.5 Å². The number of aromatic nitrogens is 2. The van der Waals surface area contributed by atoms with Crippen molar-refractivity contribution in [1.82, 2.24) is 9.97 Å². The second-order valence-electron chi connectivity index (χ2n) is 4.02. The summed E-state index contributed by atoms with van der Waals surface area (Å²) < 4.78 is 5.35. The van der Waals surface area contributed by atoms with Gasteiger partial charge >= 0.3 is 5.69 Å². The van der Waals surface area contributed by atoms with E-state index in [0.717, 1.165) is 0 Å². The number of aliphatic hydroxyl groups excluding tert-OH is 1. The van der Waals surface area contributed by atoms with E-state index >= 15 is 0 Å². The zero-order valence-corrected chi connectivity index (χ0v) is 10.9. The third-order valence-electron chi connectivity index (χ3n) is 2.63. The van der Waals surface area contributed by atoms with Crippen LogP contribution in [0.15, 0.2) is 29.2 Å². The van der Waals surface area contributed by atoms with Crippen molar-refractivity contribution in [1.29, 1.82) is 0 Å². The van der Waals surface area contributed by atoms with Crippen LogP contribution in [0.5, 0.6) is 5.75 Å². The number of carbonyl (C=O) groups is 1. The average Bonchev–Trinajstić information content (AvgIpc) is 2.87. The maximum absolute atomic E-state index is 11.8. The Balaban J connectivity index is 2.17. The molecule has 2 rings (SSSR count). The van der Waals surface area contributed by atoms with Gasteiger partial charge in [-0.25, -0.2) is 4.79 Å². The molecule has 0 radical (unpaired) electrons. The normalized spacial score (nSPS) is 10.3. The molecule has 0 saturated heterocycles. The number of benzene rings is 1. The van der Waals surface area contributed by atoms with Crippen molar-refractivity contribution in [3.63, 3.8) is 0 Å². The van der Waals surface area contributed by atoms with Gasteiger partial charge in [0, 0.05) is 17.4 Å². The fraction of sp³-hybridized carbons (Fsp3) is 0.231. The van der Waals surface area contributed by atoms with Crippen LogP contribution in [0.1, 0.15) is 23.0 Å². The lowest BCUT2D eigenvalue weighted by atomic mass is 10.2. The van der Waals surface area contributed by atoms with E-state index in [1.54, 1.807) is 18.2 Å². The average molecular weight is 277 g/mol. The van der Waals surface area contributed by atoms with Crippen molar-refractivity contribution >= 4 is 11.6 Å². The van der Waals surface area contributed by atoms with Crippen LogP contribution in [0.2, 0.25) is 0 Å². The number of anilines is 1. The molecule has 0 aliphatic heterocycles. The monoisotopic (exact) mass is 277 g/mol. The molecule has 0 spiro atoms. The molecule has 7 heteroatoms. The molecule has 0 bridgehead atoms. The molecule has 4 N–H and O–H groups in total.